The molecule has 0 radical (unpaired) electrons. The van der Waals surface area contributed by atoms with Gasteiger partial charge in [-0.2, -0.15) is 0 Å². The summed E-state index contributed by atoms with van der Waals surface area (Å²) < 4.78 is 6.63. The number of benzene rings is 1. The second-order valence-electron chi connectivity index (χ2n) is 3.77. The Hall–Kier alpha value is -0.340. The fourth-order valence-electron chi connectivity index (χ4n) is 1.68. The van der Waals surface area contributed by atoms with Crippen molar-refractivity contribution in [2.24, 2.45) is 0 Å². The number of methoxy groups -OCH3 is 1. The first kappa shape index (κ1) is 12.7. The topological polar surface area (TPSA) is 9.23 Å². The molecule has 1 atom stereocenters. The van der Waals surface area contributed by atoms with Gasteiger partial charge in [0.1, 0.15) is 0 Å². The zero-order chi connectivity index (χ0) is 11.1. The molecule has 1 nitrogen and oxygen atoms in total. The van der Waals surface area contributed by atoms with Gasteiger partial charge in [-0.3, -0.25) is 0 Å². The molecule has 0 aliphatic heterocycles. The maximum absolute atomic E-state index is 5.51. The van der Waals surface area contributed by atoms with Gasteiger partial charge in [-0.15, -0.1) is 0 Å². The summed E-state index contributed by atoms with van der Waals surface area (Å²) in [4.78, 5) is 0. The number of halogens is 1. The van der Waals surface area contributed by atoms with Crippen LogP contribution in [0, 0.1) is 0 Å². The van der Waals surface area contributed by atoms with E-state index in [9.17, 15) is 0 Å². The van der Waals surface area contributed by atoms with Crippen molar-refractivity contribution in [2.45, 2.75) is 38.7 Å². The molecule has 1 rings (SSSR count). The minimum Gasteiger partial charge on any atom is -0.377 e. The first-order chi connectivity index (χ1) is 7.27. The van der Waals surface area contributed by atoms with E-state index >= 15 is 0 Å². The highest BCUT2D eigenvalue weighted by Gasteiger charge is 2.09. The van der Waals surface area contributed by atoms with Crippen LogP contribution >= 0.6 is 15.9 Å². The van der Waals surface area contributed by atoms with Crippen LogP contribution in [0.2, 0.25) is 0 Å². The van der Waals surface area contributed by atoms with Gasteiger partial charge >= 0.3 is 0 Å². The number of hydrogen-bond acceptors (Lipinski definition) is 1. The standard InChI is InChI=1S/C13H19BrO/c1-3-4-5-6-13(15-2)11-7-9-12(14)10-8-11/h7-10,13H,3-6H2,1-2H3. The van der Waals surface area contributed by atoms with Crippen LogP contribution in [0.3, 0.4) is 0 Å². The summed E-state index contributed by atoms with van der Waals surface area (Å²) in [6, 6.07) is 8.40. The minimum atomic E-state index is 0.254. The molecular weight excluding hydrogens is 252 g/mol. The molecule has 0 saturated heterocycles. The quantitative estimate of drug-likeness (QED) is 0.680. The van der Waals surface area contributed by atoms with E-state index in [0.717, 1.165) is 10.9 Å². The first-order valence-electron chi connectivity index (χ1n) is 5.56. The molecule has 84 valence electrons. The van der Waals surface area contributed by atoms with Gasteiger partial charge in [0.05, 0.1) is 6.10 Å². The molecule has 0 N–H and O–H groups in total. The van der Waals surface area contributed by atoms with Gasteiger partial charge in [-0.05, 0) is 24.1 Å². The Morgan fingerprint density at radius 3 is 2.40 bits per heavy atom. The van der Waals surface area contributed by atoms with E-state index in [0.29, 0.717) is 0 Å². The number of hydrogen-bond donors (Lipinski definition) is 0. The van der Waals surface area contributed by atoms with Crippen molar-refractivity contribution in [1.82, 2.24) is 0 Å². The summed E-state index contributed by atoms with van der Waals surface area (Å²) in [6.45, 7) is 2.22. The Kier molecular flexibility index (Phi) is 5.96. The maximum Gasteiger partial charge on any atom is 0.0821 e. The summed E-state index contributed by atoms with van der Waals surface area (Å²) >= 11 is 3.44. The van der Waals surface area contributed by atoms with Crippen molar-refractivity contribution >= 4 is 15.9 Å². The van der Waals surface area contributed by atoms with Crippen molar-refractivity contribution in [3.8, 4) is 0 Å². The second kappa shape index (κ2) is 7.02. The number of unbranched alkanes of at least 4 members (excludes halogenated alkanes) is 2. The Balaban J connectivity index is 2.53. The van der Waals surface area contributed by atoms with Crippen LogP contribution in [0.15, 0.2) is 28.7 Å². The summed E-state index contributed by atoms with van der Waals surface area (Å²) in [5.41, 5.74) is 1.27. The lowest BCUT2D eigenvalue weighted by Gasteiger charge is -2.15. The molecule has 0 fully saturated rings. The van der Waals surface area contributed by atoms with Crippen LogP contribution in [-0.2, 0) is 4.74 Å². The number of ether oxygens (including phenoxy) is 1. The normalized spacial score (nSPS) is 12.7. The van der Waals surface area contributed by atoms with Gasteiger partial charge in [0.2, 0.25) is 0 Å². The highest BCUT2D eigenvalue weighted by atomic mass is 79.9. The third-order valence-electron chi connectivity index (χ3n) is 2.60. The highest BCUT2D eigenvalue weighted by molar-refractivity contribution is 9.10. The molecule has 0 saturated carbocycles. The molecule has 1 aromatic carbocycles. The molecule has 2 heteroatoms. The van der Waals surface area contributed by atoms with E-state index in [1.54, 1.807) is 7.11 Å². The first-order valence-corrected chi connectivity index (χ1v) is 6.35. The van der Waals surface area contributed by atoms with Crippen LogP contribution in [0.25, 0.3) is 0 Å². The third-order valence-corrected chi connectivity index (χ3v) is 3.12. The average molecular weight is 271 g/mol. The summed E-state index contributed by atoms with van der Waals surface area (Å²) in [5.74, 6) is 0. The zero-order valence-corrected chi connectivity index (χ0v) is 11.1. The Morgan fingerprint density at radius 1 is 1.20 bits per heavy atom. The molecule has 0 bridgehead atoms. The van der Waals surface area contributed by atoms with E-state index in [-0.39, 0.29) is 6.10 Å². The Morgan fingerprint density at radius 2 is 1.87 bits per heavy atom. The van der Waals surface area contributed by atoms with Crippen molar-refractivity contribution in [2.75, 3.05) is 7.11 Å². The van der Waals surface area contributed by atoms with Gasteiger partial charge < -0.3 is 4.74 Å². The zero-order valence-electron chi connectivity index (χ0n) is 9.50. The smallest absolute Gasteiger partial charge is 0.0821 e. The van der Waals surface area contributed by atoms with Gasteiger partial charge in [-0.25, -0.2) is 0 Å². The van der Waals surface area contributed by atoms with E-state index in [1.807, 2.05) is 0 Å². The lowest BCUT2D eigenvalue weighted by atomic mass is 10.0. The Labute approximate surface area is 101 Å². The second-order valence-corrected chi connectivity index (χ2v) is 4.69. The average Bonchev–Trinajstić information content (AvgIpc) is 2.26. The SMILES string of the molecule is CCCCCC(OC)c1ccc(Br)cc1. The molecule has 0 aliphatic rings. The predicted molar refractivity (Wildman–Crippen MR) is 68.0 cm³/mol. The summed E-state index contributed by atoms with van der Waals surface area (Å²) in [7, 11) is 1.79. The van der Waals surface area contributed by atoms with Gasteiger partial charge in [0.15, 0.2) is 0 Å². The molecule has 1 aromatic rings. The summed E-state index contributed by atoms with van der Waals surface area (Å²) in [6.07, 6.45) is 5.16. The lowest BCUT2D eigenvalue weighted by molar-refractivity contribution is 0.0932. The molecule has 15 heavy (non-hydrogen) atoms. The van der Waals surface area contributed by atoms with Crippen molar-refractivity contribution in [3.63, 3.8) is 0 Å². The number of rotatable bonds is 6. The van der Waals surface area contributed by atoms with E-state index in [1.165, 1.54) is 24.8 Å². The lowest BCUT2D eigenvalue weighted by Crippen LogP contribution is -2.01. The summed E-state index contributed by atoms with van der Waals surface area (Å²) in [5, 5.41) is 0. The van der Waals surface area contributed by atoms with Crippen molar-refractivity contribution in [3.05, 3.63) is 34.3 Å². The van der Waals surface area contributed by atoms with E-state index < -0.39 is 0 Å². The third kappa shape index (κ3) is 4.35. The fraction of sp³-hybridized carbons (Fsp3) is 0.538. The van der Waals surface area contributed by atoms with Crippen molar-refractivity contribution in [1.29, 1.82) is 0 Å². The van der Waals surface area contributed by atoms with Gasteiger partial charge in [0.25, 0.3) is 0 Å². The van der Waals surface area contributed by atoms with Crippen molar-refractivity contribution < 1.29 is 4.74 Å². The molecule has 0 amide bonds. The fourth-order valence-corrected chi connectivity index (χ4v) is 1.94. The maximum atomic E-state index is 5.51. The molecule has 0 heterocycles. The van der Waals surface area contributed by atoms with E-state index in [4.69, 9.17) is 4.74 Å². The van der Waals surface area contributed by atoms with Crippen LogP contribution in [-0.4, -0.2) is 7.11 Å². The van der Waals surface area contributed by atoms with E-state index in [2.05, 4.69) is 47.1 Å². The molecule has 0 aliphatic carbocycles. The van der Waals surface area contributed by atoms with Gasteiger partial charge in [0, 0.05) is 11.6 Å². The minimum absolute atomic E-state index is 0.254. The predicted octanol–water partition coefficient (Wildman–Crippen LogP) is 4.72. The van der Waals surface area contributed by atoms with Crippen LogP contribution in [0.4, 0.5) is 0 Å². The van der Waals surface area contributed by atoms with Crippen LogP contribution in [0.1, 0.15) is 44.3 Å². The van der Waals surface area contributed by atoms with Gasteiger partial charge in [-0.1, -0.05) is 54.2 Å². The Bertz CT molecular complexity index is 268. The van der Waals surface area contributed by atoms with Crippen LogP contribution in [0.5, 0.6) is 0 Å². The monoisotopic (exact) mass is 270 g/mol. The highest BCUT2D eigenvalue weighted by Crippen LogP contribution is 2.24. The van der Waals surface area contributed by atoms with Crippen LogP contribution < -0.4 is 0 Å². The molecular formula is C13H19BrO. The molecule has 1 unspecified atom stereocenters. The largest absolute Gasteiger partial charge is 0.377 e. The molecule has 0 aromatic heterocycles. The molecule has 0 spiro atoms.